The maximum atomic E-state index is 12.5. The molecule has 0 N–H and O–H groups in total. The van der Waals surface area contributed by atoms with Gasteiger partial charge in [-0.1, -0.05) is 23.2 Å². The molecule has 2 rings (SSSR count). The molecular weight excluding hydrogens is 485 g/mol. The van der Waals surface area contributed by atoms with Crippen LogP contribution >= 0.6 is 23.2 Å². The monoisotopic (exact) mass is 490 g/mol. The van der Waals surface area contributed by atoms with Crippen molar-refractivity contribution in [3.05, 3.63) is 46.4 Å². The summed E-state index contributed by atoms with van der Waals surface area (Å²) < 4.78 is 91.8. The van der Waals surface area contributed by atoms with Crippen LogP contribution in [0.4, 0.5) is 0 Å². The molecule has 0 aromatic heterocycles. The second kappa shape index (κ2) is 9.73. The molecule has 0 bridgehead atoms. The Labute approximate surface area is 210 Å². The molecule has 27 heavy (non-hydrogen) atoms. The van der Waals surface area contributed by atoms with Crippen molar-refractivity contribution in [1.82, 2.24) is 0 Å². The Morgan fingerprint density at radius 2 is 0.926 bits per heavy atom. The third-order valence-electron chi connectivity index (χ3n) is 2.96. The average Bonchev–Trinajstić information content (AvgIpc) is 2.45. The molecular formula is C12H6Cl2Na2O8S3. The zero-order valence-electron chi connectivity index (χ0n) is 13.7. The molecule has 0 saturated carbocycles. The van der Waals surface area contributed by atoms with E-state index in [0.717, 1.165) is 24.3 Å². The third-order valence-corrected chi connectivity index (χ3v) is 7.35. The van der Waals surface area contributed by atoms with Gasteiger partial charge in [0.05, 0.1) is 29.6 Å². The largest absolute Gasteiger partial charge is 1.00 e. The van der Waals surface area contributed by atoms with Crippen LogP contribution in [0.3, 0.4) is 0 Å². The molecule has 0 saturated heterocycles. The van der Waals surface area contributed by atoms with E-state index in [1.165, 1.54) is 0 Å². The van der Waals surface area contributed by atoms with Crippen molar-refractivity contribution >= 4 is 53.3 Å². The quantitative estimate of drug-likeness (QED) is 0.308. The first kappa shape index (κ1) is 27.8. The van der Waals surface area contributed by atoms with Crippen molar-refractivity contribution in [1.29, 1.82) is 0 Å². The van der Waals surface area contributed by atoms with Gasteiger partial charge in [0.15, 0.2) is 0 Å². The smallest absolute Gasteiger partial charge is 0.744 e. The summed E-state index contributed by atoms with van der Waals surface area (Å²) in [4.78, 5) is -3.19. The van der Waals surface area contributed by atoms with Crippen molar-refractivity contribution < 1.29 is 93.5 Å². The molecule has 15 heteroatoms. The number of rotatable bonds is 4. The van der Waals surface area contributed by atoms with Crippen LogP contribution in [0.1, 0.15) is 0 Å². The van der Waals surface area contributed by atoms with E-state index in [-0.39, 0.29) is 59.1 Å². The van der Waals surface area contributed by atoms with Gasteiger partial charge in [-0.3, -0.25) is 0 Å². The summed E-state index contributed by atoms with van der Waals surface area (Å²) >= 11 is 11.1. The molecule has 2 aromatic carbocycles. The van der Waals surface area contributed by atoms with E-state index >= 15 is 0 Å². The van der Waals surface area contributed by atoms with Gasteiger partial charge in [0.2, 0.25) is 9.84 Å². The summed E-state index contributed by atoms with van der Waals surface area (Å²) in [6, 6.07) is 4.71. The van der Waals surface area contributed by atoms with E-state index in [1.807, 2.05) is 0 Å². The normalized spacial score (nSPS) is 12.0. The van der Waals surface area contributed by atoms with E-state index in [9.17, 15) is 34.4 Å². The Hall–Kier alpha value is 0.790. The fourth-order valence-electron chi connectivity index (χ4n) is 1.82. The number of hydrogen-bond acceptors (Lipinski definition) is 8. The van der Waals surface area contributed by atoms with Gasteiger partial charge in [-0.2, -0.15) is 0 Å². The fraction of sp³-hybridized carbons (Fsp3) is 0. The Bertz CT molecular complexity index is 1090. The topological polar surface area (TPSA) is 149 Å². The summed E-state index contributed by atoms with van der Waals surface area (Å²) in [5.74, 6) is 0. The SMILES string of the molecule is O=S(=O)([O-])c1cc(S(=O)(=O)c2ccc(Cl)c(S(=O)(=O)[O-])c2)ccc1Cl.[Na+].[Na+]. The zero-order valence-corrected chi connectivity index (χ0v) is 21.7. The van der Waals surface area contributed by atoms with Crippen molar-refractivity contribution in [2.45, 2.75) is 19.6 Å². The van der Waals surface area contributed by atoms with Crippen molar-refractivity contribution in [3.63, 3.8) is 0 Å². The third kappa shape index (κ3) is 6.38. The first-order valence-electron chi connectivity index (χ1n) is 6.00. The maximum absolute atomic E-state index is 12.5. The molecule has 0 aliphatic carbocycles. The molecule has 0 heterocycles. The first-order valence-corrected chi connectivity index (χ1v) is 11.1. The summed E-state index contributed by atoms with van der Waals surface area (Å²) in [6.45, 7) is 0. The molecule has 0 aliphatic rings. The molecule has 2 aromatic rings. The molecule has 0 radical (unpaired) electrons. The number of benzene rings is 2. The standard InChI is InChI=1S/C12H8Cl2O8S3.2Na/c13-9-3-1-7(5-11(9)24(17,18)19)23(15,16)8-2-4-10(14)12(6-8)25(20,21)22;;/h1-6H,(H,17,18,19)(H,20,21,22);;/q;2*+1/p-2. The van der Waals surface area contributed by atoms with Crippen molar-refractivity contribution in [2.75, 3.05) is 0 Å². The molecule has 8 nitrogen and oxygen atoms in total. The van der Waals surface area contributed by atoms with Gasteiger partial charge >= 0.3 is 59.1 Å². The van der Waals surface area contributed by atoms with Gasteiger partial charge in [0.25, 0.3) is 0 Å². The van der Waals surface area contributed by atoms with Crippen LogP contribution in [0.15, 0.2) is 56.0 Å². The number of sulfone groups is 1. The molecule has 0 amide bonds. The predicted molar refractivity (Wildman–Crippen MR) is 84.3 cm³/mol. The minimum absolute atomic E-state index is 0. The van der Waals surface area contributed by atoms with E-state index in [1.54, 1.807) is 0 Å². The minimum Gasteiger partial charge on any atom is -0.744 e. The Morgan fingerprint density at radius 1 is 0.630 bits per heavy atom. The summed E-state index contributed by atoms with van der Waals surface area (Å²) in [5, 5.41) is -0.958. The van der Waals surface area contributed by atoms with Crippen LogP contribution < -0.4 is 59.1 Å². The second-order valence-corrected chi connectivity index (χ2v) is 10.1. The Balaban J connectivity index is 0.00000338. The van der Waals surface area contributed by atoms with Crippen molar-refractivity contribution in [3.8, 4) is 0 Å². The van der Waals surface area contributed by atoms with Crippen LogP contribution in [0, 0.1) is 0 Å². The Kier molecular flexibility index (Phi) is 10.0. The molecule has 0 spiro atoms. The first-order chi connectivity index (χ1) is 11.2. The summed E-state index contributed by atoms with van der Waals surface area (Å²) in [5.41, 5.74) is 0. The average molecular weight is 491 g/mol. The van der Waals surface area contributed by atoms with Crippen molar-refractivity contribution in [2.24, 2.45) is 0 Å². The Morgan fingerprint density at radius 3 is 1.19 bits per heavy atom. The zero-order chi connectivity index (χ0) is 19.2. The van der Waals surface area contributed by atoms with Gasteiger partial charge in [0, 0.05) is 0 Å². The van der Waals surface area contributed by atoms with Crippen LogP contribution in [0.25, 0.3) is 0 Å². The fourth-order valence-corrected chi connectivity index (χ4v) is 5.24. The number of hydrogen-bond donors (Lipinski definition) is 0. The van der Waals surface area contributed by atoms with Crippen LogP contribution in [-0.2, 0) is 30.1 Å². The van der Waals surface area contributed by atoms with Gasteiger partial charge in [-0.15, -0.1) is 0 Å². The van der Waals surface area contributed by atoms with E-state index < -0.39 is 59.7 Å². The van der Waals surface area contributed by atoms with Crippen LogP contribution in [0.2, 0.25) is 10.0 Å². The predicted octanol–water partition coefficient (Wildman–Crippen LogP) is -4.36. The van der Waals surface area contributed by atoms with Gasteiger partial charge in [-0.05, 0) is 36.4 Å². The molecule has 136 valence electrons. The van der Waals surface area contributed by atoms with Gasteiger partial charge in [-0.25, -0.2) is 25.3 Å². The van der Waals surface area contributed by atoms with Gasteiger partial charge in [0.1, 0.15) is 20.2 Å². The van der Waals surface area contributed by atoms with Crippen LogP contribution in [0.5, 0.6) is 0 Å². The molecule has 0 atom stereocenters. The van der Waals surface area contributed by atoms with Crippen LogP contribution in [-0.4, -0.2) is 34.4 Å². The molecule has 0 fully saturated rings. The van der Waals surface area contributed by atoms with E-state index in [4.69, 9.17) is 23.2 Å². The van der Waals surface area contributed by atoms with E-state index in [2.05, 4.69) is 0 Å². The maximum Gasteiger partial charge on any atom is 1.00 e. The van der Waals surface area contributed by atoms with E-state index in [0.29, 0.717) is 12.1 Å². The minimum atomic E-state index is -5.05. The van der Waals surface area contributed by atoms with Gasteiger partial charge < -0.3 is 9.11 Å². The second-order valence-electron chi connectivity index (χ2n) is 4.60. The molecule has 0 aliphatic heterocycles. The summed E-state index contributed by atoms with van der Waals surface area (Å²) in [6.07, 6.45) is 0. The molecule has 0 unspecified atom stereocenters. The number of halogens is 2. The summed E-state index contributed by atoms with van der Waals surface area (Å²) in [7, 11) is -14.6.